The molecule has 2 aliphatic rings. The highest BCUT2D eigenvalue weighted by molar-refractivity contribution is 5.96. The molecule has 38 heavy (non-hydrogen) atoms. The second-order valence-corrected chi connectivity index (χ2v) is 10.4. The fraction of sp³-hybridized carbons (Fsp3) is 0.333. The van der Waals surface area contributed by atoms with Gasteiger partial charge in [-0.1, -0.05) is 31.4 Å². The summed E-state index contributed by atoms with van der Waals surface area (Å²) < 4.78 is 12.7. The van der Waals surface area contributed by atoms with Crippen molar-refractivity contribution in [1.82, 2.24) is 4.90 Å². The van der Waals surface area contributed by atoms with E-state index in [4.69, 9.17) is 15.9 Å². The van der Waals surface area contributed by atoms with Crippen molar-refractivity contribution in [1.29, 1.82) is 0 Å². The van der Waals surface area contributed by atoms with Gasteiger partial charge < -0.3 is 19.7 Å². The summed E-state index contributed by atoms with van der Waals surface area (Å²) in [5.41, 5.74) is 4.96. The summed E-state index contributed by atoms with van der Waals surface area (Å²) in [5.74, 6) is 5.19. The van der Waals surface area contributed by atoms with Crippen molar-refractivity contribution in [3.05, 3.63) is 82.9 Å². The van der Waals surface area contributed by atoms with E-state index in [1.165, 1.54) is 12.8 Å². The highest BCUT2D eigenvalue weighted by atomic mass is 16.5. The lowest BCUT2D eigenvalue weighted by atomic mass is 9.85. The third kappa shape index (κ3) is 5.23. The van der Waals surface area contributed by atoms with Crippen LogP contribution in [0.1, 0.15) is 62.0 Å². The Hall–Kier alpha value is -3.88. The number of allylic oxidation sites excluding steroid dienone is 1. The van der Waals surface area contributed by atoms with Crippen LogP contribution in [0.3, 0.4) is 0 Å². The number of fused-ring (bicyclic) bond motifs is 1. The molecule has 3 aromatic carbocycles. The fourth-order valence-corrected chi connectivity index (χ4v) is 5.55. The average molecular weight is 510 g/mol. The van der Waals surface area contributed by atoms with Crippen LogP contribution >= 0.6 is 0 Å². The van der Waals surface area contributed by atoms with Gasteiger partial charge in [0.2, 0.25) is 0 Å². The average Bonchev–Trinajstić information content (AvgIpc) is 3.41. The first-order valence-corrected chi connectivity index (χ1v) is 13.3. The van der Waals surface area contributed by atoms with Gasteiger partial charge in [0.15, 0.2) is 0 Å². The zero-order valence-corrected chi connectivity index (χ0v) is 22.3. The molecule has 2 N–H and O–H groups in total. The molecule has 5 nitrogen and oxygen atoms in total. The number of phenolic OH excluding ortho intramolecular Hbond substituents is 2. The zero-order valence-electron chi connectivity index (χ0n) is 22.3. The normalized spacial score (nSPS) is 19.9. The molecule has 5 heteroatoms. The second kappa shape index (κ2) is 10.8. The van der Waals surface area contributed by atoms with Gasteiger partial charge >= 0.3 is 0 Å². The van der Waals surface area contributed by atoms with E-state index >= 15 is 0 Å². The molecule has 0 saturated carbocycles. The molecule has 0 aromatic heterocycles. The summed E-state index contributed by atoms with van der Waals surface area (Å²) in [6.07, 6.45) is 7.74. The molecular formula is C33H35NO4. The molecule has 1 unspecified atom stereocenters. The molecule has 3 atom stereocenters. The predicted octanol–water partition coefficient (Wildman–Crippen LogP) is 6.64. The molecule has 1 saturated heterocycles. The topological polar surface area (TPSA) is 62.2 Å². The van der Waals surface area contributed by atoms with Crippen molar-refractivity contribution in [3.8, 4) is 35.3 Å². The van der Waals surface area contributed by atoms with E-state index < -0.39 is 6.10 Å². The van der Waals surface area contributed by atoms with Crippen molar-refractivity contribution < 1.29 is 19.7 Å². The minimum atomic E-state index is -0.428. The lowest BCUT2D eigenvalue weighted by molar-refractivity contribution is 0.168. The molecule has 0 aliphatic carbocycles. The highest BCUT2D eigenvalue weighted by Gasteiger charge is 2.30. The second-order valence-electron chi connectivity index (χ2n) is 10.4. The van der Waals surface area contributed by atoms with Gasteiger partial charge in [0.05, 0.1) is 0 Å². The highest BCUT2D eigenvalue weighted by Crippen LogP contribution is 2.48. The molecule has 0 amide bonds. The molecule has 0 bridgehead atoms. The third-order valence-electron chi connectivity index (χ3n) is 7.87. The Morgan fingerprint density at radius 1 is 1.08 bits per heavy atom. The van der Waals surface area contributed by atoms with E-state index in [9.17, 15) is 10.2 Å². The Labute approximate surface area is 225 Å². The molecule has 0 spiro atoms. The minimum Gasteiger partial charge on any atom is -0.508 e. The number of likely N-dealkylation sites (tertiary alicyclic amines) is 1. The number of phenols is 2. The van der Waals surface area contributed by atoms with Gasteiger partial charge in [-0.25, -0.2) is 0 Å². The first-order chi connectivity index (χ1) is 18.4. The van der Waals surface area contributed by atoms with E-state index in [0.717, 1.165) is 52.6 Å². The van der Waals surface area contributed by atoms with Crippen LogP contribution in [-0.4, -0.2) is 40.9 Å². The number of rotatable bonds is 7. The maximum absolute atomic E-state index is 10.4. The van der Waals surface area contributed by atoms with Gasteiger partial charge in [-0.15, -0.1) is 6.42 Å². The Bertz CT molecular complexity index is 1390. The van der Waals surface area contributed by atoms with Gasteiger partial charge in [-0.3, -0.25) is 4.90 Å². The maximum Gasteiger partial charge on any atom is 0.150 e. The Morgan fingerprint density at radius 3 is 2.58 bits per heavy atom. The van der Waals surface area contributed by atoms with Crippen molar-refractivity contribution in [2.75, 3.05) is 19.7 Å². The van der Waals surface area contributed by atoms with Crippen LogP contribution < -0.4 is 9.47 Å². The predicted molar refractivity (Wildman–Crippen MR) is 151 cm³/mol. The van der Waals surface area contributed by atoms with Crippen LogP contribution in [0.5, 0.6) is 23.0 Å². The summed E-state index contributed by atoms with van der Waals surface area (Å²) in [7, 11) is 0. The first kappa shape index (κ1) is 25.8. The lowest BCUT2D eigenvalue weighted by Gasteiger charge is -2.31. The summed E-state index contributed by atoms with van der Waals surface area (Å²) >= 11 is 0. The van der Waals surface area contributed by atoms with Gasteiger partial charge in [-0.05, 0) is 98.0 Å². The smallest absolute Gasteiger partial charge is 0.150 e. The molecule has 2 aliphatic heterocycles. The van der Waals surface area contributed by atoms with Crippen LogP contribution in [0.4, 0.5) is 0 Å². The van der Waals surface area contributed by atoms with Crippen LogP contribution in [0.15, 0.2) is 60.7 Å². The van der Waals surface area contributed by atoms with Crippen molar-refractivity contribution >= 4 is 11.1 Å². The van der Waals surface area contributed by atoms with Gasteiger partial charge in [0.25, 0.3) is 0 Å². The number of ether oxygens (including phenoxy) is 2. The number of benzene rings is 3. The van der Waals surface area contributed by atoms with E-state index in [-0.39, 0.29) is 11.5 Å². The molecule has 2 heterocycles. The Morgan fingerprint density at radius 2 is 1.87 bits per heavy atom. The summed E-state index contributed by atoms with van der Waals surface area (Å²) in [5, 5.41) is 20.5. The minimum absolute atomic E-state index is 0.0948. The van der Waals surface area contributed by atoms with Crippen LogP contribution in [0.2, 0.25) is 0 Å². The molecule has 196 valence electrons. The number of hydrogen-bond donors (Lipinski definition) is 2. The van der Waals surface area contributed by atoms with Gasteiger partial charge in [0, 0.05) is 29.3 Å². The van der Waals surface area contributed by atoms with E-state index in [0.29, 0.717) is 24.0 Å². The summed E-state index contributed by atoms with van der Waals surface area (Å²) in [6, 6.07) is 18.6. The number of nitrogens with zero attached hydrogens (tertiary/aromatic N) is 1. The summed E-state index contributed by atoms with van der Waals surface area (Å²) in [4.78, 5) is 2.52. The van der Waals surface area contributed by atoms with Crippen LogP contribution in [-0.2, 0) is 0 Å². The van der Waals surface area contributed by atoms with E-state index in [1.54, 1.807) is 30.3 Å². The molecule has 5 rings (SSSR count). The van der Waals surface area contributed by atoms with Crippen molar-refractivity contribution in [3.63, 3.8) is 0 Å². The maximum atomic E-state index is 10.4. The zero-order chi connectivity index (χ0) is 26.8. The van der Waals surface area contributed by atoms with E-state index in [1.807, 2.05) is 37.3 Å². The standard InChI is InChI=1S/C33H35NO4/c1-5-23-13-14-34(19-23)21(3)20-37-29-10-7-25(8-11-29)33-32(26-15-24(6-2)16-28(36)17-26)22(4)30-18-27(35)9-12-31(30)38-33/h2,7-12,15-18,21,23,33,35-36H,5,13-14,19-20H2,1,3-4H3/t21-,23+,33?/m0/s1. The molecule has 1 fully saturated rings. The van der Waals surface area contributed by atoms with Gasteiger partial charge in [-0.2, -0.15) is 0 Å². The molecule has 0 radical (unpaired) electrons. The number of terminal acetylenes is 1. The fourth-order valence-electron chi connectivity index (χ4n) is 5.55. The Kier molecular flexibility index (Phi) is 7.35. The van der Waals surface area contributed by atoms with E-state index in [2.05, 4.69) is 24.7 Å². The summed E-state index contributed by atoms with van der Waals surface area (Å²) in [6.45, 7) is 9.45. The SMILES string of the molecule is C#Cc1cc(O)cc(C2=C(C)c3cc(O)ccc3OC2c2ccc(OC[C@H](C)N3CC[C@@H](CC)C3)cc2)c1. The largest absolute Gasteiger partial charge is 0.508 e. The monoisotopic (exact) mass is 509 g/mol. The first-order valence-electron chi connectivity index (χ1n) is 13.3. The van der Waals surface area contributed by atoms with Crippen molar-refractivity contribution in [2.45, 2.75) is 45.8 Å². The molecular weight excluding hydrogens is 474 g/mol. The lowest BCUT2D eigenvalue weighted by Crippen LogP contribution is -2.35. The molecule has 3 aromatic rings. The van der Waals surface area contributed by atoms with Crippen LogP contribution in [0.25, 0.3) is 11.1 Å². The Balaban J connectivity index is 1.42. The number of hydrogen-bond acceptors (Lipinski definition) is 5. The van der Waals surface area contributed by atoms with Crippen molar-refractivity contribution in [2.24, 2.45) is 5.92 Å². The van der Waals surface area contributed by atoms with Crippen LogP contribution in [0, 0.1) is 18.3 Å². The third-order valence-corrected chi connectivity index (χ3v) is 7.87. The van der Waals surface area contributed by atoms with Gasteiger partial charge in [0.1, 0.15) is 35.7 Å². The quantitative estimate of drug-likeness (QED) is 0.350. The number of aromatic hydroxyl groups is 2.